The van der Waals surface area contributed by atoms with Gasteiger partial charge in [0, 0.05) is 41.3 Å². The molecule has 5 heterocycles. The Kier molecular flexibility index (Phi) is 5.97. The van der Waals surface area contributed by atoms with Gasteiger partial charge in [-0.1, -0.05) is 12.1 Å². The first-order chi connectivity index (χ1) is 19.1. The predicted molar refractivity (Wildman–Crippen MR) is 153 cm³/mol. The van der Waals surface area contributed by atoms with E-state index >= 15 is 0 Å². The molecule has 0 spiro atoms. The molecule has 2 aromatic carbocycles. The van der Waals surface area contributed by atoms with Crippen molar-refractivity contribution in [2.24, 2.45) is 7.05 Å². The number of aryl methyl sites for hydroxylation is 2. The molecule has 0 unspecified atom stereocenters. The number of hydrogen-bond donors (Lipinski definition) is 2. The zero-order chi connectivity index (χ0) is 26.3. The van der Waals surface area contributed by atoms with Crippen LogP contribution in [0.15, 0.2) is 67.3 Å². The number of rotatable bonds is 7. The van der Waals surface area contributed by atoms with Crippen LogP contribution < -0.4 is 0 Å². The number of aromatic nitrogens is 6. The highest BCUT2D eigenvalue weighted by Gasteiger charge is 2.16. The van der Waals surface area contributed by atoms with Crippen molar-refractivity contribution in [2.75, 3.05) is 19.6 Å². The third-order valence-electron chi connectivity index (χ3n) is 7.81. The van der Waals surface area contributed by atoms with Gasteiger partial charge in [0.15, 0.2) is 0 Å². The van der Waals surface area contributed by atoms with Crippen LogP contribution in [0.1, 0.15) is 24.8 Å². The highest BCUT2D eigenvalue weighted by Crippen LogP contribution is 2.35. The number of benzene rings is 2. The Morgan fingerprint density at radius 3 is 2.64 bits per heavy atom. The molecule has 39 heavy (non-hydrogen) atoms. The molecule has 0 aliphatic carbocycles. The number of H-pyrrole nitrogens is 2. The highest BCUT2D eigenvalue weighted by atomic mass is 19.1. The molecule has 1 aliphatic heterocycles. The minimum Gasteiger partial charge on any atom is -0.352 e. The van der Waals surface area contributed by atoms with Crippen molar-refractivity contribution in [3.05, 3.63) is 78.6 Å². The van der Waals surface area contributed by atoms with Gasteiger partial charge in [-0.05, 0) is 92.3 Å². The summed E-state index contributed by atoms with van der Waals surface area (Å²) in [6, 6.07) is 13.7. The largest absolute Gasteiger partial charge is 0.352 e. The first-order valence-corrected chi connectivity index (χ1v) is 13.6. The van der Waals surface area contributed by atoms with Crippen molar-refractivity contribution in [2.45, 2.75) is 25.7 Å². The average Bonchev–Trinajstić information content (AvgIpc) is 3.74. The van der Waals surface area contributed by atoms with E-state index in [9.17, 15) is 4.39 Å². The summed E-state index contributed by atoms with van der Waals surface area (Å²) in [6.45, 7) is 3.45. The molecule has 0 saturated carbocycles. The molecule has 0 bridgehead atoms. The number of nitrogens with zero attached hydrogens (tertiary/aromatic N) is 5. The van der Waals surface area contributed by atoms with Gasteiger partial charge in [0.1, 0.15) is 11.5 Å². The molecule has 196 valence electrons. The molecule has 7 nitrogen and oxygen atoms in total. The van der Waals surface area contributed by atoms with Gasteiger partial charge in [0.25, 0.3) is 0 Å². The maximum atomic E-state index is 14.8. The van der Waals surface area contributed by atoms with E-state index in [1.165, 1.54) is 25.9 Å². The molecule has 0 radical (unpaired) electrons. The maximum absolute atomic E-state index is 14.8. The Hall–Kier alpha value is -4.30. The Bertz CT molecular complexity index is 1790. The molecule has 0 amide bonds. The van der Waals surface area contributed by atoms with Crippen LogP contribution in [0.4, 0.5) is 4.39 Å². The van der Waals surface area contributed by atoms with Crippen LogP contribution in [0, 0.1) is 5.82 Å². The van der Waals surface area contributed by atoms with Gasteiger partial charge in [0.05, 0.1) is 29.1 Å². The van der Waals surface area contributed by atoms with Crippen molar-refractivity contribution >= 4 is 21.8 Å². The lowest BCUT2D eigenvalue weighted by molar-refractivity contribution is 0.334. The molecule has 4 aromatic heterocycles. The SMILES string of the molecule is Cn1cc(-c2ccc3[nH]nc(-c4cc5c(-c6cc(F)cc(CCCN7CCCC7)c6)cncc5[nH]4)c3c2)cn1. The number of nitrogens with one attached hydrogen (secondary N) is 2. The maximum Gasteiger partial charge on any atom is 0.124 e. The zero-order valence-corrected chi connectivity index (χ0v) is 21.9. The number of hydrogen-bond acceptors (Lipinski definition) is 4. The Labute approximate surface area is 225 Å². The van der Waals surface area contributed by atoms with E-state index in [-0.39, 0.29) is 5.82 Å². The monoisotopic (exact) mass is 519 g/mol. The van der Waals surface area contributed by atoms with E-state index in [0.717, 1.165) is 80.4 Å². The third-order valence-corrected chi connectivity index (χ3v) is 7.81. The predicted octanol–water partition coefficient (Wildman–Crippen LogP) is 6.34. The molecule has 1 fully saturated rings. The van der Waals surface area contributed by atoms with E-state index in [0.29, 0.717) is 0 Å². The summed E-state index contributed by atoms with van der Waals surface area (Å²) in [7, 11) is 1.91. The molecule has 7 rings (SSSR count). The quantitative estimate of drug-likeness (QED) is 0.258. The van der Waals surface area contributed by atoms with E-state index in [1.807, 2.05) is 37.9 Å². The second kappa shape index (κ2) is 9.78. The topological polar surface area (TPSA) is 78.4 Å². The van der Waals surface area contributed by atoms with Crippen LogP contribution >= 0.6 is 0 Å². The lowest BCUT2D eigenvalue weighted by Gasteiger charge is -2.14. The Morgan fingerprint density at radius 1 is 0.897 bits per heavy atom. The molecular weight excluding hydrogens is 489 g/mol. The standard InChI is InChI=1S/C31H30FN7/c1-38-19-23(16-34-38)21-6-7-28-26(14-21)31(37-36-28)29-15-25-27(17-33-18-30(25)35-29)22-11-20(12-24(32)13-22)5-4-10-39-8-2-3-9-39/h6-7,11-19,35H,2-5,8-10H2,1H3,(H,36,37). The van der Waals surface area contributed by atoms with Crippen LogP contribution in [0.25, 0.3) is 55.4 Å². The van der Waals surface area contributed by atoms with Crippen LogP contribution in [0.3, 0.4) is 0 Å². The van der Waals surface area contributed by atoms with Crippen LogP contribution in [0.2, 0.25) is 0 Å². The van der Waals surface area contributed by atoms with Crippen molar-refractivity contribution in [3.63, 3.8) is 0 Å². The summed E-state index contributed by atoms with van der Waals surface area (Å²) in [4.78, 5) is 10.5. The van der Waals surface area contributed by atoms with Gasteiger partial charge in [-0.15, -0.1) is 0 Å². The first kappa shape index (κ1) is 23.8. The third kappa shape index (κ3) is 4.61. The molecule has 1 saturated heterocycles. The van der Waals surface area contributed by atoms with Gasteiger partial charge < -0.3 is 9.88 Å². The molecule has 2 N–H and O–H groups in total. The van der Waals surface area contributed by atoms with Crippen LogP contribution in [0.5, 0.6) is 0 Å². The van der Waals surface area contributed by atoms with Crippen LogP contribution in [-0.2, 0) is 13.5 Å². The zero-order valence-electron chi connectivity index (χ0n) is 21.9. The first-order valence-electron chi connectivity index (χ1n) is 13.6. The van der Waals surface area contributed by atoms with E-state index in [2.05, 4.69) is 54.4 Å². The molecular formula is C31H30FN7. The number of fused-ring (bicyclic) bond motifs is 2. The summed E-state index contributed by atoms with van der Waals surface area (Å²) in [5.74, 6) is -0.210. The fraction of sp³-hybridized carbons (Fsp3) is 0.258. The number of aromatic amines is 2. The lowest BCUT2D eigenvalue weighted by Crippen LogP contribution is -2.20. The van der Waals surface area contributed by atoms with E-state index in [1.54, 1.807) is 16.8 Å². The second-order valence-corrected chi connectivity index (χ2v) is 10.6. The Balaban J connectivity index is 1.23. The van der Waals surface area contributed by atoms with Gasteiger partial charge >= 0.3 is 0 Å². The van der Waals surface area contributed by atoms with Gasteiger partial charge in [-0.25, -0.2) is 4.39 Å². The molecule has 8 heteroatoms. The average molecular weight is 520 g/mol. The van der Waals surface area contributed by atoms with Crippen LogP contribution in [-0.4, -0.2) is 54.5 Å². The smallest absolute Gasteiger partial charge is 0.124 e. The summed E-state index contributed by atoms with van der Waals surface area (Å²) in [6.07, 6.45) is 12.0. The molecule has 1 aliphatic rings. The lowest BCUT2D eigenvalue weighted by atomic mass is 9.99. The fourth-order valence-corrected chi connectivity index (χ4v) is 5.84. The van der Waals surface area contributed by atoms with Crippen molar-refractivity contribution in [3.8, 4) is 33.6 Å². The van der Waals surface area contributed by atoms with Crippen molar-refractivity contribution in [1.82, 2.24) is 34.8 Å². The fourth-order valence-electron chi connectivity index (χ4n) is 5.84. The van der Waals surface area contributed by atoms with Gasteiger partial charge in [-0.2, -0.15) is 10.2 Å². The molecule has 6 aromatic rings. The van der Waals surface area contributed by atoms with Gasteiger partial charge in [-0.3, -0.25) is 14.8 Å². The number of likely N-dealkylation sites (tertiary alicyclic amines) is 1. The van der Waals surface area contributed by atoms with Crippen molar-refractivity contribution in [1.29, 1.82) is 0 Å². The minimum atomic E-state index is -0.210. The highest BCUT2D eigenvalue weighted by molar-refractivity contribution is 6.01. The molecule has 0 atom stereocenters. The second-order valence-electron chi connectivity index (χ2n) is 10.6. The normalized spacial score (nSPS) is 14.2. The summed E-state index contributed by atoms with van der Waals surface area (Å²) < 4.78 is 16.6. The Morgan fingerprint density at radius 2 is 1.79 bits per heavy atom. The van der Waals surface area contributed by atoms with E-state index < -0.39 is 0 Å². The summed E-state index contributed by atoms with van der Waals surface area (Å²) in [5.41, 5.74) is 8.48. The summed E-state index contributed by atoms with van der Waals surface area (Å²) in [5, 5.41) is 14.1. The van der Waals surface area contributed by atoms with E-state index in [4.69, 9.17) is 0 Å². The minimum absolute atomic E-state index is 0.210. The van der Waals surface area contributed by atoms with Gasteiger partial charge in [0.2, 0.25) is 0 Å². The summed E-state index contributed by atoms with van der Waals surface area (Å²) >= 11 is 0. The number of pyridine rings is 1. The van der Waals surface area contributed by atoms with Crippen molar-refractivity contribution < 1.29 is 4.39 Å². The number of halogens is 1.